The highest BCUT2D eigenvalue weighted by atomic mass is 35.5. The molecule has 0 aliphatic heterocycles. The Hall–Kier alpha value is -1.21. The first-order chi connectivity index (χ1) is 7.88. The van der Waals surface area contributed by atoms with Gasteiger partial charge in [0, 0.05) is 5.88 Å². The van der Waals surface area contributed by atoms with Gasteiger partial charge in [-0.15, -0.1) is 11.6 Å². The third kappa shape index (κ3) is 3.14. The van der Waals surface area contributed by atoms with Crippen molar-refractivity contribution in [1.82, 2.24) is 0 Å². The summed E-state index contributed by atoms with van der Waals surface area (Å²) in [6, 6.07) is 18.8. The fourth-order valence-electron chi connectivity index (χ4n) is 1.65. The SMILES string of the molecule is ClCc1cccc([B]Cc2ccccc2)c1. The van der Waals surface area contributed by atoms with E-state index in [0.717, 1.165) is 6.32 Å². The van der Waals surface area contributed by atoms with Crippen LogP contribution in [0.1, 0.15) is 11.1 Å². The number of hydrogen-bond donors (Lipinski definition) is 0. The van der Waals surface area contributed by atoms with Gasteiger partial charge >= 0.3 is 0 Å². The van der Waals surface area contributed by atoms with Gasteiger partial charge in [0.15, 0.2) is 7.28 Å². The van der Waals surface area contributed by atoms with E-state index in [-0.39, 0.29) is 0 Å². The van der Waals surface area contributed by atoms with Gasteiger partial charge in [0.1, 0.15) is 0 Å². The van der Waals surface area contributed by atoms with Crippen LogP contribution in [0.25, 0.3) is 0 Å². The molecular weight excluding hydrogens is 214 g/mol. The Labute approximate surface area is 103 Å². The van der Waals surface area contributed by atoms with E-state index < -0.39 is 0 Å². The molecule has 79 valence electrons. The first-order valence-electron chi connectivity index (χ1n) is 5.40. The normalized spacial score (nSPS) is 10.1. The molecule has 0 fully saturated rings. The molecule has 16 heavy (non-hydrogen) atoms. The summed E-state index contributed by atoms with van der Waals surface area (Å²) in [5.74, 6) is 0.576. The zero-order chi connectivity index (χ0) is 11.2. The second-order valence-electron chi connectivity index (χ2n) is 3.77. The summed E-state index contributed by atoms with van der Waals surface area (Å²) < 4.78 is 0. The van der Waals surface area contributed by atoms with Gasteiger partial charge in [0.05, 0.1) is 0 Å². The van der Waals surface area contributed by atoms with Gasteiger partial charge in [0.2, 0.25) is 0 Å². The van der Waals surface area contributed by atoms with Crippen LogP contribution >= 0.6 is 11.6 Å². The van der Waals surface area contributed by atoms with E-state index in [4.69, 9.17) is 11.6 Å². The molecule has 2 rings (SSSR count). The maximum Gasteiger partial charge on any atom is 0.156 e. The minimum absolute atomic E-state index is 0.576. The summed E-state index contributed by atoms with van der Waals surface area (Å²) in [4.78, 5) is 0. The summed E-state index contributed by atoms with van der Waals surface area (Å²) in [7, 11) is 2.23. The number of benzene rings is 2. The molecule has 0 spiro atoms. The lowest BCUT2D eigenvalue weighted by molar-refractivity contribution is 1.38. The van der Waals surface area contributed by atoms with Crippen molar-refractivity contribution in [2.75, 3.05) is 0 Å². The molecule has 0 saturated carbocycles. The molecule has 0 unspecified atom stereocenters. The molecular formula is C14H13BCl. The Bertz CT molecular complexity index is 439. The Balaban J connectivity index is 1.99. The predicted molar refractivity (Wildman–Crippen MR) is 71.5 cm³/mol. The van der Waals surface area contributed by atoms with E-state index >= 15 is 0 Å². The molecule has 2 aromatic rings. The zero-order valence-electron chi connectivity index (χ0n) is 9.07. The van der Waals surface area contributed by atoms with Crippen molar-refractivity contribution in [3.05, 3.63) is 65.7 Å². The molecule has 1 radical (unpaired) electrons. The molecule has 0 atom stereocenters. The number of alkyl halides is 1. The van der Waals surface area contributed by atoms with Gasteiger partial charge in [-0.05, 0) is 11.9 Å². The monoisotopic (exact) mass is 227 g/mol. The lowest BCUT2D eigenvalue weighted by Gasteiger charge is -2.02. The minimum Gasteiger partial charge on any atom is -0.122 e. The summed E-state index contributed by atoms with van der Waals surface area (Å²) in [5.41, 5.74) is 3.74. The quantitative estimate of drug-likeness (QED) is 0.556. The molecule has 0 amide bonds. The standard InChI is InChI=1S/C14H13BCl/c16-11-13-7-4-8-14(9-13)15-10-12-5-2-1-3-6-12/h1-9H,10-11H2. The molecule has 0 aliphatic rings. The molecule has 2 heteroatoms. The molecule has 0 aromatic heterocycles. The Morgan fingerprint density at radius 2 is 1.62 bits per heavy atom. The van der Waals surface area contributed by atoms with Crippen LogP contribution < -0.4 is 5.46 Å². The van der Waals surface area contributed by atoms with E-state index in [1.54, 1.807) is 0 Å². The number of halogens is 1. The lowest BCUT2D eigenvalue weighted by Crippen LogP contribution is -2.16. The molecule has 0 aliphatic carbocycles. The van der Waals surface area contributed by atoms with Crippen LogP contribution in [0.4, 0.5) is 0 Å². The average molecular weight is 228 g/mol. The van der Waals surface area contributed by atoms with E-state index in [1.807, 2.05) is 12.1 Å². The van der Waals surface area contributed by atoms with E-state index in [0.29, 0.717) is 5.88 Å². The summed E-state index contributed by atoms with van der Waals surface area (Å²) in [6.45, 7) is 0. The van der Waals surface area contributed by atoms with Crippen molar-refractivity contribution < 1.29 is 0 Å². The van der Waals surface area contributed by atoms with Crippen molar-refractivity contribution in [3.63, 3.8) is 0 Å². The highest BCUT2D eigenvalue weighted by Crippen LogP contribution is 2.02. The van der Waals surface area contributed by atoms with Crippen LogP contribution in [0.2, 0.25) is 0 Å². The van der Waals surface area contributed by atoms with Gasteiger partial charge in [-0.25, -0.2) is 0 Å². The van der Waals surface area contributed by atoms with Gasteiger partial charge in [-0.3, -0.25) is 0 Å². The van der Waals surface area contributed by atoms with Crippen LogP contribution in [0, 0.1) is 0 Å². The van der Waals surface area contributed by atoms with Crippen molar-refractivity contribution in [3.8, 4) is 0 Å². The van der Waals surface area contributed by atoms with E-state index in [2.05, 4.69) is 49.7 Å². The second-order valence-corrected chi connectivity index (χ2v) is 4.04. The van der Waals surface area contributed by atoms with E-state index in [1.165, 1.54) is 16.6 Å². The number of hydrogen-bond acceptors (Lipinski definition) is 0. The molecule has 2 aromatic carbocycles. The van der Waals surface area contributed by atoms with Crippen LogP contribution in [0.5, 0.6) is 0 Å². The lowest BCUT2D eigenvalue weighted by atomic mass is 9.65. The van der Waals surface area contributed by atoms with Crippen molar-refractivity contribution in [1.29, 1.82) is 0 Å². The van der Waals surface area contributed by atoms with Crippen LogP contribution in [-0.4, -0.2) is 7.28 Å². The van der Waals surface area contributed by atoms with Crippen molar-refractivity contribution in [2.45, 2.75) is 12.2 Å². The Morgan fingerprint density at radius 3 is 2.38 bits per heavy atom. The third-order valence-electron chi connectivity index (χ3n) is 2.52. The molecule has 0 saturated heterocycles. The second kappa shape index (κ2) is 5.76. The Kier molecular flexibility index (Phi) is 4.07. The van der Waals surface area contributed by atoms with Crippen LogP contribution in [0.15, 0.2) is 54.6 Å². The largest absolute Gasteiger partial charge is 0.156 e. The highest BCUT2D eigenvalue weighted by molar-refractivity contribution is 6.52. The third-order valence-corrected chi connectivity index (χ3v) is 2.83. The smallest absolute Gasteiger partial charge is 0.122 e. The van der Waals surface area contributed by atoms with Crippen LogP contribution in [-0.2, 0) is 12.2 Å². The molecule has 0 heterocycles. The van der Waals surface area contributed by atoms with Gasteiger partial charge in [-0.1, -0.05) is 65.6 Å². The number of rotatable bonds is 4. The Morgan fingerprint density at radius 1 is 0.875 bits per heavy atom. The molecule has 0 N–H and O–H groups in total. The van der Waals surface area contributed by atoms with Gasteiger partial charge < -0.3 is 0 Å². The maximum absolute atomic E-state index is 5.80. The fourth-order valence-corrected chi connectivity index (χ4v) is 1.82. The minimum atomic E-state index is 0.576. The first kappa shape index (κ1) is 11.3. The predicted octanol–water partition coefficient (Wildman–Crippen LogP) is 2.96. The van der Waals surface area contributed by atoms with Crippen LogP contribution in [0.3, 0.4) is 0 Å². The average Bonchev–Trinajstić information content (AvgIpc) is 2.38. The fraction of sp³-hybridized carbons (Fsp3) is 0.143. The van der Waals surface area contributed by atoms with Gasteiger partial charge in [-0.2, -0.15) is 0 Å². The van der Waals surface area contributed by atoms with Gasteiger partial charge in [0.25, 0.3) is 0 Å². The van der Waals surface area contributed by atoms with Crippen molar-refractivity contribution >= 4 is 24.3 Å². The summed E-state index contributed by atoms with van der Waals surface area (Å²) >= 11 is 5.80. The zero-order valence-corrected chi connectivity index (χ0v) is 9.82. The molecule has 0 bridgehead atoms. The highest BCUT2D eigenvalue weighted by Gasteiger charge is 1.98. The van der Waals surface area contributed by atoms with Crippen molar-refractivity contribution in [2.24, 2.45) is 0 Å². The first-order valence-corrected chi connectivity index (χ1v) is 5.94. The van der Waals surface area contributed by atoms with E-state index in [9.17, 15) is 0 Å². The maximum atomic E-state index is 5.80. The molecule has 0 nitrogen and oxygen atoms in total. The summed E-state index contributed by atoms with van der Waals surface area (Å²) in [5, 5.41) is 0. The summed E-state index contributed by atoms with van der Waals surface area (Å²) in [6.07, 6.45) is 0.965. The topological polar surface area (TPSA) is 0 Å².